The molecule has 1 aromatic carbocycles. The Hall–Kier alpha value is -1.35. The van der Waals surface area contributed by atoms with Gasteiger partial charge in [0.1, 0.15) is 0 Å². The van der Waals surface area contributed by atoms with Crippen LogP contribution in [0.2, 0.25) is 0 Å². The van der Waals surface area contributed by atoms with Crippen LogP contribution in [-0.2, 0) is 12.8 Å². The normalized spacial score (nSPS) is 28.5. The van der Waals surface area contributed by atoms with Crippen LogP contribution in [0.3, 0.4) is 0 Å². The Labute approximate surface area is 126 Å². The van der Waals surface area contributed by atoms with Gasteiger partial charge in [-0.1, -0.05) is 12.1 Å². The van der Waals surface area contributed by atoms with E-state index in [1.54, 1.807) is 0 Å². The van der Waals surface area contributed by atoms with Gasteiger partial charge in [-0.3, -0.25) is 4.79 Å². The number of aryl methyl sites for hydroxylation is 1. The number of hydrogen-bond donors (Lipinski definition) is 0. The zero-order valence-electron chi connectivity index (χ0n) is 12.8. The van der Waals surface area contributed by atoms with Gasteiger partial charge in [-0.15, -0.1) is 0 Å². The first kappa shape index (κ1) is 13.3. The number of likely N-dealkylation sites (N-methyl/N-ethyl adjacent to an activating group) is 1. The van der Waals surface area contributed by atoms with Gasteiger partial charge in [0.2, 0.25) is 0 Å². The van der Waals surface area contributed by atoms with E-state index in [-0.39, 0.29) is 5.91 Å². The van der Waals surface area contributed by atoms with Crippen molar-refractivity contribution >= 4 is 5.91 Å². The van der Waals surface area contributed by atoms with Crippen molar-refractivity contribution in [1.82, 2.24) is 9.80 Å². The summed E-state index contributed by atoms with van der Waals surface area (Å²) in [5.41, 5.74) is 3.71. The lowest BCUT2D eigenvalue weighted by Gasteiger charge is -2.36. The average Bonchev–Trinajstić information content (AvgIpc) is 3.12. The largest absolute Gasteiger partial charge is 0.334 e. The molecule has 1 aliphatic carbocycles. The molecule has 2 atom stereocenters. The van der Waals surface area contributed by atoms with Crippen LogP contribution >= 0.6 is 0 Å². The van der Waals surface area contributed by atoms with Crippen LogP contribution in [0.1, 0.15) is 40.7 Å². The first-order valence-corrected chi connectivity index (χ1v) is 8.34. The fraction of sp³-hybridized carbons (Fsp3) is 0.611. The highest BCUT2D eigenvalue weighted by atomic mass is 16.2. The maximum absolute atomic E-state index is 13.1. The van der Waals surface area contributed by atoms with Gasteiger partial charge in [0.15, 0.2) is 0 Å². The van der Waals surface area contributed by atoms with Crippen LogP contribution in [0, 0.1) is 5.92 Å². The summed E-state index contributed by atoms with van der Waals surface area (Å²) in [5, 5.41) is 0. The summed E-state index contributed by atoms with van der Waals surface area (Å²) in [6.45, 7) is 3.18. The fourth-order valence-corrected chi connectivity index (χ4v) is 4.53. The third-order valence-electron chi connectivity index (χ3n) is 5.70. The van der Waals surface area contributed by atoms with E-state index >= 15 is 0 Å². The number of carbonyl (C=O) groups excluding carboxylic acids is 1. The minimum Gasteiger partial charge on any atom is -0.334 e. The molecule has 0 unspecified atom stereocenters. The molecule has 3 aliphatic rings. The van der Waals surface area contributed by atoms with Crippen molar-refractivity contribution in [3.05, 3.63) is 34.9 Å². The molecule has 0 saturated carbocycles. The van der Waals surface area contributed by atoms with Crippen molar-refractivity contribution in [1.29, 1.82) is 0 Å². The fourth-order valence-electron chi connectivity index (χ4n) is 4.53. The molecule has 2 saturated heterocycles. The average molecular weight is 284 g/mol. The van der Waals surface area contributed by atoms with Crippen LogP contribution in [0.5, 0.6) is 0 Å². The maximum Gasteiger partial charge on any atom is 0.254 e. The zero-order chi connectivity index (χ0) is 14.4. The Morgan fingerprint density at radius 2 is 2.05 bits per heavy atom. The standard InChI is InChI=1S/C18H24N2O/c1-19-10-8-14-9-11-20(17(14)12-19)18(21)16-7-3-5-13-4-2-6-15(13)16/h3,5,7,14,17H,2,4,6,8-12H2,1H3/t14-,17-/m1/s1. The quantitative estimate of drug-likeness (QED) is 0.790. The molecule has 0 N–H and O–H groups in total. The van der Waals surface area contributed by atoms with Crippen LogP contribution in [0.4, 0.5) is 0 Å². The second kappa shape index (κ2) is 5.13. The van der Waals surface area contributed by atoms with Crippen molar-refractivity contribution in [3.8, 4) is 0 Å². The molecule has 2 fully saturated rings. The molecule has 0 radical (unpaired) electrons. The van der Waals surface area contributed by atoms with Gasteiger partial charge in [0.25, 0.3) is 5.91 Å². The maximum atomic E-state index is 13.1. The van der Waals surface area contributed by atoms with E-state index in [1.165, 1.54) is 36.9 Å². The third-order valence-corrected chi connectivity index (χ3v) is 5.70. The molecule has 3 nitrogen and oxygen atoms in total. The van der Waals surface area contributed by atoms with Crippen molar-refractivity contribution in [2.75, 3.05) is 26.7 Å². The van der Waals surface area contributed by atoms with Gasteiger partial charge in [-0.05, 0) is 68.8 Å². The summed E-state index contributed by atoms with van der Waals surface area (Å²) in [5.74, 6) is 1.01. The number of benzene rings is 1. The highest BCUT2D eigenvalue weighted by molar-refractivity contribution is 5.96. The highest BCUT2D eigenvalue weighted by Crippen LogP contribution is 2.34. The molecule has 1 aromatic rings. The summed E-state index contributed by atoms with van der Waals surface area (Å²) < 4.78 is 0. The smallest absolute Gasteiger partial charge is 0.254 e. The van der Waals surface area contributed by atoms with E-state index in [0.717, 1.165) is 37.4 Å². The van der Waals surface area contributed by atoms with E-state index in [0.29, 0.717) is 6.04 Å². The molecule has 2 aliphatic heterocycles. The van der Waals surface area contributed by atoms with Gasteiger partial charge in [-0.2, -0.15) is 0 Å². The third kappa shape index (κ3) is 2.18. The second-order valence-corrected chi connectivity index (χ2v) is 6.96. The van der Waals surface area contributed by atoms with E-state index in [9.17, 15) is 4.79 Å². The SMILES string of the molecule is CN1CC[C@@H]2CCN(C(=O)c3cccc4c3CCC4)[C@@H]2C1. The van der Waals surface area contributed by atoms with Crippen LogP contribution in [0.25, 0.3) is 0 Å². The molecule has 2 heterocycles. The van der Waals surface area contributed by atoms with Gasteiger partial charge >= 0.3 is 0 Å². The summed E-state index contributed by atoms with van der Waals surface area (Å²) in [7, 11) is 2.18. The molecule has 21 heavy (non-hydrogen) atoms. The highest BCUT2D eigenvalue weighted by Gasteiger charge is 2.40. The number of nitrogens with zero attached hydrogens (tertiary/aromatic N) is 2. The predicted molar refractivity (Wildman–Crippen MR) is 83.5 cm³/mol. The molecule has 0 bridgehead atoms. The second-order valence-electron chi connectivity index (χ2n) is 6.96. The summed E-state index contributed by atoms with van der Waals surface area (Å²) in [6.07, 6.45) is 5.87. The van der Waals surface area contributed by atoms with Gasteiger partial charge < -0.3 is 9.80 Å². The lowest BCUT2D eigenvalue weighted by molar-refractivity contribution is 0.0630. The topological polar surface area (TPSA) is 23.6 Å². The van der Waals surface area contributed by atoms with E-state index in [2.05, 4.69) is 29.0 Å². The summed E-state index contributed by atoms with van der Waals surface area (Å²) in [6, 6.07) is 6.75. The molecule has 1 amide bonds. The zero-order valence-corrected chi connectivity index (χ0v) is 12.8. The molecule has 112 valence electrons. The van der Waals surface area contributed by atoms with Crippen LogP contribution in [-0.4, -0.2) is 48.4 Å². The number of amides is 1. The van der Waals surface area contributed by atoms with Crippen molar-refractivity contribution < 1.29 is 4.79 Å². The van der Waals surface area contributed by atoms with Gasteiger partial charge in [-0.25, -0.2) is 0 Å². The van der Waals surface area contributed by atoms with E-state index in [4.69, 9.17) is 0 Å². The van der Waals surface area contributed by atoms with Crippen molar-refractivity contribution in [2.24, 2.45) is 5.92 Å². The van der Waals surface area contributed by atoms with Crippen molar-refractivity contribution in [2.45, 2.75) is 38.1 Å². The van der Waals surface area contributed by atoms with Gasteiger partial charge in [0.05, 0.1) is 0 Å². The Bertz CT molecular complexity index is 568. The minimum absolute atomic E-state index is 0.288. The molecule has 3 heteroatoms. The Kier molecular flexibility index (Phi) is 3.26. The number of likely N-dealkylation sites (tertiary alicyclic amines) is 2. The number of piperidine rings is 1. The number of carbonyl (C=O) groups is 1. The molecule has 4 rings (SSSR count). The lowest BCUT2D eigenvalue weighted by atomic mass is 9.92. The number of hydrogen-bond acceptors (Lipinski definition) is 2. The van der Waals surface area contributed by atoms with E-state index in [1.807, 2.05) is 6.07 Å². The van der Waals surface area contributed by atoms with Crippen LogP contribution in [0.15, 0.2) is 18.2 Å². The monoisotopic (exact) mass is 284 g/mol. The van der Waals surface area contributed by atoms with Gasteiger partial charge in [0, 0.05) is 24.7 Å². The van der Waals surface area contributed by atoms with Crippen LogP contribution < -0.4 is 0 Å². The summed E-state index contributed by atoms with van der Waals surface area (Å²) in [4.78, 5) is 17.6. The first-order valence-electron chi connectivity index (χ1n) is 8.34. The minimum atomic E-state index is 0.288. The summed E-state index contributed by atoms with van der Waals surface area (Å²) >= 11 is 0. The lowest BCUT2D eigenvalue weighted by Crippen LogP contribution is -2.48. The number of rotatable bonds is 1. The molecular formula is C18H24N2O. The van der Waals surface area contributed by atoms with Crippen molar-refractivity contribution in [3.63, 3.8) is 0 Å². The predicted octanol–water partition coefficient (Wildman–Crippen LogP) is 2.34. The molecule has 0 aromatic heterocycles. The molecule has 0 spiro atoms. The molecular weight excluding hydrogens is 260 g/mol. The Morgan fingerprint density at radius 1 is 1.19 bits per heavy atom. The first-order chi connectivity index (χ1) is 10.2. The van der Waals surface area contributed by atoms with E-state index < -0.39 is 0 Å². The Morgan fingerprint density at radius 3 is 2.95 bits per heavy atom. The number of fused-ring (bicyclic) bond motifs is 2. The Balaban J connectivity index is 1.62.